The molecule has 0 spiro atoms. The number of carbonyl (C=O) groups is 1. The molecule has 106 valence electrons. The third-order valence-electron chi connectivity index (χ3n) is 3.45. The van der Waals surface area contributed by atoms with Gasteiger partial charge in [0.2, 0.25) is 5.91 Å². The minimum atomic E-state index is -0.0939. The van der Waals surface area contributed by atoms with Crippen LogP contribution in [0.15, 0.2) is 60.7 Å². The van der Waals surface area contributed by atoms with E-state index >= 15 is 0 Å². The van der Waals surface area contributed by atoms with Crippen molar-refractivity contribution in [2.45, 2.75) is 18.2 Å². The van der Waals surface area contributed by atoms with Crippen LogP contribution in [0.3, 0.4) is 0 Å². The van der Waals surface area contributed by atoms with E-state index in [9.17, 15) is 4.79 Å². The fourth-order valence-corrected chi connectivity index (χ4v) is 3.90. The minimum Gasteiger partial charge on any atom is -0.292 e. The van der Waals surface area contributed by atoms with Gasteiger partial charge in [0, 0.05) is 0 Å². The summed E-state index contributed by atoms with van der Waals surface area (Å²) >= 11 is 6.88. The summed E-state index contributed by atoms with van der Waals surface area (Å²) in [7, 11) is 0. The van der Waals surface area contributed by atoms with E-state index < -0.39 is 0 Å². The fraction of sp³-hybridized carbons (Fsp3) is 0.176. The quantitative estimate of drug-likeness (QED) is 0.804. The predicted octanol–water partition coefficient (Wildman–Crippen LogP) is 3.66. The molecule has 0 bridgehead atoms. The van der Waals surface area contributed by atoms with Gasteiger partial charge in [0.1, 0.15) is 4.32 Å². The highest BCUT2D eigenvalue weighted by Gasteiger charge is 2.36. The van der Waals surface area contributed by atoms with Gasteiger partial charge in [-0.15, -0.1) is 0 Å². The van der Waals surface area contributed by atoms with Gasteiger partial charge in [-0.05, 0) is 17.5 Å². The molecule has 0 radical (unpaired) electrons. The molecule has 1 fully saturated rings. The van der Waals surface area contributed by atoms with Gasteiger partial charge < -0.3 is 0 Å². The van der Waals surface area contributed by atoms with E-state index in [0.717, 1.165) is 12.0 Å². The summed E-state index contributed by atoms with van der Waals surface area (Å²) in [5.41, 5.74) is 2.28. The van der Waals surface area contributed by atoms with Crippen molar-refractivity contribution in [3.63, 3.8) is 0 Å². The van der Waals surface area contributed by atoms with Gasteiger partial charge in [-0.1, -0.05) is 84.6 Å². The van der Waals surface area contributed by atoms with Crippen LogP contribution in [0.1, 0.15) is 11.1 Å². The summed E-state index contributed by atoms with van der Waals surface area (Å²) in [6.07, 6.45) is 0.732. The molecular formula is C17H15NOS2. The molecule has 0 saturated carbocycles. The molecule has 2 aromatic rings. The van der Waals surface area contributed by atoms with Gasteiger partial charge in [-0.2, -0.15) is 0 Å². The number of rotatable bonds is 4. The number of thiocarbonyl (C=S) groups is 1. The molecule has 1 heterocycles. The van der Waals surface area contributed by atoms with Gasteiger partial charge in [-0.3, -0.25) is 9.69 Å². The Bertz CT molecular complexity index is 642. The summed E-state index contributed by atoms with van der Waals surface area (Å²) in [5.74, 6) is 0.123. The van der Waals surface area contributed by atoms with Crippen LogP contribution in [0.2, 0.25) is 0 Å². The number of amides is 1. The van der Waals surface area contributed by atoms with Gasteiger partial charge in [0.25, 0.3) is 0 Å². The Kier molecular flexibility index (Phi) is 4.36. The lowest BCUT2D eigenvalue weighted by molar-refractivity contribution is -0.126. The van der Waals surface area contributed by atoms with Crippen LogP contribution in [0.4, 0.5) is 0 Å². The molecule has 1 unspecified atom stereocenters. The van der Waals surface area contributed by atoms with E-state index in [-0.39, 0.29) is 11.2 Å². The number of benzene rings is 2. The summed E-state index contributed by atoms with van der Waals surface area (Å²) in [6, 6.07) is 20.1. The van der Waals surface area contributed by atoms with Crippen molar-refractivity contribution >= 4 is 34.2 Å². The summed E-state index contributed by atoms with van der Waals surface area (Å²) in [5, 5.41) is -0.0939. The van der Waals surface area contributed by atoms with E-state index in [1.165, 1.54) is 17.3 Å². The first-order valence-electron chi connectivity index (χ1n) is 6.84. The zero-order valence-electron chi connectivity index (χ0n) is 11.4. The highest BCUT2D eigenvalue weighted by Crippen LogP contribution is 2.31. The number of hydrogen-bond acceptors (Lipinski definition) is 3. The Hall–Kier alpha value is -1.65. The zero-order chi connectivity index (χ0) is 14.7. The minimum absolute atomic E-state index is 0.0939. The molecule has 3 rings (SSSR count). The van der Waals surface area contributed by atoms with Crippen LogP contribution in [0, 0.1) is 0 Å². The van der Waals surface area contributed by atoms with Crippen molar-refractivity contribution in [1.29, 1.82) is 0 Å². The van der Waals surface area contributed by atoms with Crippen molar-refractivity contribution < 1.29 is 4.79 Å². The second-order valence-electron chi connectivity index (χ2n) is 4.97. The Labute approximate surface area is 134 Å². The van der Waals surface area contributed by atoms with E-state index in [0.29, 0.717) is 10.9 Å². The monoisotopic (exact) mass is 313 g/mol. The average Bonchev–Trinajstić information content (AvgIpc) is 2.77. The Morgan fingerprint density at radius 1 is 0.952 bits per heavy atom. The van der Waals surface area contributed by atoms with E-state index in [1.54, 1.807) is 4.90 Å². The van der Waals surface area contributed by atoms with Crippen LogP contribution < -0.4 is 0 Å². The first-order chi connectivity index (χ1) is 10.2. The molecule has 1 saturated heterocycles. The van der Waals surface area contributed by atoms with E-state index in [2.05, 4.69) is 12.1 Å². The molecular weight excluding hydrogens is 298 g/mol. The standard InChI is InChI=1S/C17H15NOS2/c19-16-15(11-13-7-3-1-4-8-13)21-17(20)18(16)12-14-9-5-2-6-10-14/h1-10,15H,11-12H2. The van der Waals surface area contributed by atoms with Crippen molar-refractivity contribution in [2.75, 3.05) is 0 Å². The highest BCUT2D eigenvalue weighted by atomic mass is 32.2. The summed E-state index contributed by atoms with van der Waals surface area (Å²) < 4.78 is 0.685. The molecule has 4 heteroatoms. The van der Waals surface area contributed by atoms with Crippen LogP contribution in [-0.2, 0) is 17.8 Å². The van der Waals surface area contributed by atoms with Crippen molar-refractivity contribution in [2.24, 2.45) is 0 Å². The predicted molar refractivity (Wildman–Crippen MR) is 91.1 cm³/mol. The molecule has 1 aliphatic heterocycles. The Morgan fingerprint density at radius 2 is 1.52 bits per heavy atom. The second-order valence-corrected chi connectivity index (χ2v) is 6.81. The van der Waals surface area contributed by atoms with E-state index in [4.69, 9.17) is 12.2 Å². The van der Waals surface area contributed by atoms with Crippen molar-refractivity contribution in [1.82, 2.24) is 4.90 Å². The molecule has 0 N–H and O–H groups in total. The molecule has 2 nitrogen and oxygen atoms in total. The lowest BCUT2D eigenvalue weighted by atomic mass is 10.1. The molecule has 0 aliphatic carbocycles. The van der Waals surface area contributed by atoms with Gasteiger partial charge in [0.05, 0.1) is 11.8 Å². The second kappa shape index (κ2) is 6.41. The maximum Gasteiger partial charge on any atom is 0.242 e. The molecule has 2 aromatic carbocycles. The molecule has 1 atom stereocenters. The number of nitrogens with zero attached hydrogens (tertiary/aromatic N) is 1. The third kappa shape index (κ3) is 3.34. The molecule has 1 amide bonds. The van der Waals surface area contributed by atoms with Gasteiger partial charge >= 0.3 is 0 Å². The third-order valence-corrected chi connectivity index (χ3v) is 5.04. The van der Waals surface area contributed by atoms with Crippen LogP contribution in [0.5, 0.6) is 0 Å². The highest BCUT2D eigenvalue weighted by molar-refractivity contribution is 8.24. The number of carbonyl (C=O) groups excluding carboxylic acids is 1. The Balaban J connectivity index is 1.70. The van der Waals surface area contributed by atoms with Gasteiger partial charge in [0.15, 0.2) is 0 Å². The SMILES string of the molecule is O=C1C(Cc2ccccc2)SC(=S)N1Cc1ccccc1. The van der Waals surface area contributed by atoms with Crippen LogP contribution in [0.25, 0.3) is 0 Å². The van der Waals surface area contributed by atoms with Crippen molar-refractivity contribution in [3.8, 4) is 0 Å². The first kappa shape index (κ1) is 14.3. The lowest BCUT2D eigenvalue weighted by Crippen LogP contribution is -2.31. The fourth-order valence-electron chi connectivity index (χ4n) is 2.37. The topological polar surface area (TPSA) is 20.3 Å². The molecule has 21 heavy (non-hydrogen) atoms. The molecule has 0 aromatic heterocycles. The normalized spacial score (nSPS) is 18.3. The smallest absolute Gasteiger partial charge is 0.242 e. The maximum absolute atomic E-state index is 12.5. The summed E-state index contributed by atoms with van der Waals surface area (Å²) in [6.45, 7) is 0.566. The average molecular weight is 313 g/mol. The largest absolute Gasteiger partial charge is 0.292 e. The molecule has 1 aliphatic rings. The van der Waals surface area contributed by atoms with Crippen LogP contribution in [-0.4, -0.2) is 20.4 Å². The van der Waals surface area contributed by atoms with Crippen molar-refractivity contribution in [3.05, 3.63) is 71.8 Å². The van der Waals surface area contributed by atoms with Crippen LogP contribution >= 0.6 is 24.0 Å². The Morgan fingerprint density at radius 3 is 2.14 bits per heavy atom. The van der Waals surface area contributed by atoms with E-state index in [1.807, 2.05) is 48.5 Å². The maximum atomic E-state index is 12.5. The first-order valence-corrected chi connectivity index (χ1v) is 8.12. The number of thioether (sulfide) groups is 1. The summed E-state index contributed by atoms with van der Waals surface area (Å²) in [4.78, 5) is 14.3. The van der Waals surface area contributed by atoms with Gasteiger partial charge in [-0.25, -0.2) is 0 Å². The number of hydrogen-bond donors (Lipinski definition) is 0. The zero-order valence-corrected chi connectivity index (χ0v) is 13.1. The lowest BCUT2D eigenvalue weighted by Gasteiger charge is -2.15.